The third kappa shape index (κ3) is 4.56. The molecule has 0 bridgehead atoms. The van der Waals surface area contributed by atoms with E-state index in [1.165, 1.54) is 0 Å². The Morgan fingerprint density at radius 3 is 2.81 bits per heavy atom. The fourth-order valence-electron chi connectivity index (χ4n) is 2.22. The Hall–Kier alpha value is -1.89. The average Bonchev–Trinajstić information content (AvgIpc) is 2.47. The van der Waals surface area contributed by atoms with Gasteiger partial charge in [-0.2, -0.15) is 4.98 Å². The molecular formula is C14H22N4O3. The second kappa shape index (κ2) is 7.21. The minimum atomic E-state index is -0.866. The van der Waals surface area contributed by atoms with Gasteiger partial charge >= 0.3 is 5.97 Å². The molecule has 0 saturated carbocycles. The molecule has 1 aromatic heterocycles. The topological polar surface area (TPSA) is 87.6 Å². The first kappa shape index (κ1) is 15.5. The van der Waals surface area contributed by atoms with Crippen LogP contribution in [0.5, 0.6) is 0 Å². The summed E-state index contributed by atoms with van der Waals surface area (Å²) in [7, 11) is 0. The molecule has 1 aliphatic heterocycles. The Labute approximate surface area is 124 Å². The van der Waals surface area contributed by atoms with Crippen LogP contribution >= 0.6 is 0 Å². The van der Waals surface area contributed by atoms with Crippen LogP contribution in [-0.4, -0.2) is 53.4 Å². The Kier molecular flexibility index (Phi) is 5.32. The highest BCUT2D eigenvalue weighted by Crippen LogP contribution is 2.15. The summed E-state index contributed by atoms with van der Waals surface area (Å²) in [5, 5.41) is 12.2. The second-order valence-electron chi connectivity index (χ2n) is 5.51. The van der Waals surface area contributed by atoms with Gasteiger partial charge in [0.15, 0.2) is 0 Å². The molecule has 7 nitrogen and oxygen atoms in total. The average molecular weight is 294 g/mol. The Morgan fingerprint density at radius 2 is 2.19 bits per heavy atom. The van der Waals surface area contributed by atoms with Crippen LogP contribution < -0.4 is 10.2 Å². The second-order valence-corrected chi connectivity index (χ2v) is 5.51. The van der Waals surface area contributed by atoms with Crippen molar-refractivity contribution in [3.8, 4) is 0 Å². The van der Waals surface area contributed by atoms with E-state index in [4.69, 9.17) is 4.74 Å². The van der Waals surface area contributed by atoms with Crippen molar-refractivity contribution in [2.75, 3.05) is 36.5 Å². The maximum Gasteiger partial charge on any atom is 0.326 e. The number of carbonyl (C=O) groups is 1. The lowest BCUT2D eigenvalue weighted by Gasteiger charge is -2.27. The lowest BCUT2D eigenvalue weighted by molar-refractivity contribution is -0.138. The van der Waals surface area contributed by atoms with E-state index in [1.807, 2.05) is 18.7 Å². The summed E-state index contributed by atoms with van der Waals surface area (Å²) in [6.45, 7) is 6.81. The lowest BCUT2D eigenvalue weighted by atomic mass is 10.0. The van der Waals surface area contributed by atoms with E-state index in [2.05, 4.69) is 15.3 Å². The number of anilines is 2. The molecule has 0 amide bonds. The molecule has 0 spiro atoms. The minimum absolute atomic E-state index is 0.291. The van der Waals surface area contributed by atoms with Crippen LogP contribution in [0, 0.1) is 5.92 Å². The number of nitrogens with zero attached hydrogens (tertiary/aromatic N) is 3. The molecule has 2 rings (SSSR count). The van der Waals surface area contributed by atoms with Gasteiger partial charge in [-0.3, -0.25) is 0 Å². The van der Waals surface area contributed by atoms with Crippen molar-refractivity contribution in [3.63, 3.8) is 0 Å². The van der Waals surface area contributed by atoms with Crippen molar-refractivity contribution >= 4 is 17.7 Å². The van der Waals surface area contributed by atoms with Gasteiger partial charge in [-0.1, -0.05) is 13.8 Å². The SMILES string of the molecule is CC(C)C[C@@H](Nc1ccnc(N2CCOCC2)n1)C(=O)O. The molecule has 2 N–H and O–H groups in total. The number of carboxylic acid groups (broad SMARTS) is 1. The van der Waals surface area contributed by atoms with Gasteiger partial charge in [-0.05, 0) is 18.4 Å². The predicted molar refractivity (Wildman–Crippen MR) is 79.6 cm³/mol. The fourth-order valence-corrected chi connectivity index (χ4v) is 2.22. The lowest BCUT2D eigenvalue weighted by Crippen LogP contribution is -2.37. The first-order valence-electron chi connectivity index (χ1n) is 7.21. The van der Waals surface area contributed by atoms with Crippen molar-refractivity contribution in [2.45, 2.75) is 26.3 Å². The van der Waals surface area contributed by atoms with E-state index in [-0.39, 0.29) is 0 Å². The normalized spacial score (nSPS) is 16.8. The van der Waals surface area contributed by atoms with Crippen molar-refractivity contribution in [1.82, 2.24) is 9.97 Å². The van der Waals surface area contributed by atoms with E-state index in [0.29, 0.717) is 37.3 Å². The van der Waals surface area contributed by atoms with E-state index in [1.54, 1.807) is 12.3 Å². The number of ether oxygens (including phenoxy) is 1. The maximum atomic E-state index is 11.3. The number of carboxylic acids is 1. The van der Waals surface area contributed by atoms with E-state index >= 15 is 0 Å². The van der Waals surface area contributed by atoms with Gasteiger partial charge in [0.25, 0.3) is 0 Å². The van der Waals surface area contributed by atoms with Crippen LogP contribution in [0.1, 0.15) is 20.3 Å². The summed E-state index contributed by atoms with van der Waals surface area (Å²) >= 11 is 0. The zero-order valence-corrected chi connectivity index (χ0v) is 12.5. The third-order valence-electron chi connectivity index (χ3n) is 3.26. The number of aromatic nitrogens is 2. The monoisotopic (exact) mass is 294 g/mol. The third-order valence-corrected chi connectivity index (χ3v) is 3.26. The molecule has 0 aromatic carbocycles. The van der Waals surface area contributed by atoms with Crippen LogP contribution in [0.2, 0.25) is 0 Å². The van der Waals surface area contributed by atoms with E-state index < -0.39 is 12.0 Å². The van der Waals surface area contributed by atoms with Gasteiger partial charge in [0.2, 0.25) is 5.95 Å². The molecule has 1 atom stereocenters. The number of hydrogen-bond acceptors (Lipinski definition) is 6. The highest BCUT2D eigenvalue weighted by Gasteiger charge is 2.20. The van der Waals surface area contributed by atoms with Gasteiger partial charge in [0.05, 0.1) is 13.2 Å². The maximum absolute atomic E-state index is 11.3. The first-order valence-corrected chi connectivity index (χ1v) is 7.21. The van der Waals surface area contributed by atoms with Crippen molar-refractivity contribution in [1.29, 1.82) is 0 Å². The molecule has 1 aliphatic rings. The summed E-state index contributed by atoms with van der Waals surface area (Å²) in [6.07, 6.45) is 2.20. The van der Waals surface area contributed by atoms with Crippen LogP contribution in [0.25, 0.3) is 0 Å². The fraction of sp³-hybridized carbons (Fsp3) is 0.643. The summed E-state index contributed by atoms with van der Waals surface area (Å²) in [5.74, 6) is 0.575. The van der Waals surface area contributed by atoms with Crippen LogP contribution in [0.4, 0.5) is 11.8 Å². The molecule has 0 unspecified atom stereocenters. The number of rotatable bonds is 6. The smallest absolute Gasteiger partial charge is 0.326 e. The van der Waals surface area contributed by atoms with Crippen LogP contribution in [0.15, 0.2) is 12.3 Å². The summed E-state index contributed by atoms with van der Waals surface area (Å²) in [6, 6.07) is 1.05. The molecule has 0 aliphatic carbocycles. The summed E-state index contributed by atoms with van der Waals surface area (Å²) in [4.78, 5) is 22.0. The quantitative estimate of drug-likeness (QED) is 0.815. The standard InChI is InChI=1S/C14H22N4O3/c1-10(2)9-11(13(19)20)16-12-3-4-15-14(17-12)18-5-7-21-8-6-18/h3-4,10-11H,5-9H2,1-2H3,(H,19,20)(H,15,16,17)/t11-/m1/s1. The minimum Gasteiger partial charge on any atom is -0.480 e. The van der Waals surface area contributed by atoms with Gasteiger partial charge in [0, 0.05) is 19.3 Å². The molecule has 21 heavy (non-hydrogen) atoms. The Balaban J connectivity index is 2.07. The summed E-state index contributed by atoms with van der Waals surface area (Å²) < 4.78 is 5.30. The van der Waals surface area contributed by atoms with E-state index in [9.17, 15) is 9.90 Å². The van der Waals surface area contributed by atoms with Gasteiger partial charge in [-0.15, -0.1) is 0 Å². The molecule has 1 saturated heterocycles. The van der Waals surface area contributed by atoms with Crippen LogP contribution in [0.3, 0.4) is 0 Å². The molecule has 1 aromatic rings. The Bertz CT molecular complexity index is 475. The number of aliphatic carboxylic acids is 1. The molecule has 7 heteroatoms. The van der Waals surface area contributed by atoms with Gasteiger partial charge in [0.1, 0.15) is 11.9 Å². The van der Waals surface area contributed by atoms with Gasteiger partial charge < -0.3 is 20.1 Å². The highest BCUT2D eigenvalue weighted by atomic mass is 16.5. The highest BCUT2D eigenvalue weighted by molar-refractivity contribution is 5.76. The number of hydrogen-bond donors (Lipinski definition) is 2. The Morgan fingerprint density at radius 1 is 1.48 bits per heavy atom. The van der Waals surface area contributed by atoms with Gasteiger partial charge in [-0.25, -0.2) is 9.78 Å². The van der Waals surface area contributed by atoms with Crippen molar-refractivity contribution < 1.29 is 14.6 Å². The van der Waals surface area contributed by atoms with E-state index in [0.717, 1.165) is 13.1 Å². The number of nitrogens with one attached hydrogen (secondary N) is 1. The first-order chi connectivity index (χ1) is 10.1. The summed E-state index contributed by atoms with van der Waals surface area (Å²) in [5.41, 5.74) is 0. The van der Waals surface area contributed by atoms with Crippen molar-refractivity contribution in [3.05, 3.63) is 12.3 Å². The molecular weight excluding hydrogens is 272 g/mol. The predicted octanol–water partition coefficient (Wildman–Crippen LogP) is 1.22. The molecule has 116 valence electrons. The molecule has 0 radical (unpaired) electrons. The number of morpholine rings is 1. The molecule has 1 fully saturated rings. The molecule has 2 heterocycles. The zero-order valence-electron chi connectivity index (χ0n) is 12.5. The largest absolute Gasteiger partial charge is 0.480 e. The van der Waals surface area contributed by atoms with Crippen molar-refractivity contribution in [2.24, 2.45) is 5.92 Å². The zero-order chi connectivity index (χ0) is 15.2. The van der Waals surface area contributed by atoms with Crippen LogP contribution in [-0.2, 0) is 9.53 Å².